The number of halogens is 1. The number of pyridine rings is 1. The van der Waals surface area contributed by atoms with Crippen molar-refractivity contribution in [1.29, 1.82) is 0 Å². The zero-order chi connectivity index (χ0) is 17.6. The van der Waals surface area contributed by atoms with Gasteiger partial charge in [0, 0.05) is 32.4 Å². The lowest BCUT2D eigenvalue weighted by atomic mass is 10.0. The zero-order valence-corrected chi connectivity index (χ0v) is 14.4. The van der Waals surface area contributed by atoms with E-state index in [-0.39, 0.29) is 17.9 Å². The number of hydrogen-bond acceptors (Lipinski definition) is 3. The van der Waals surface area contributed by atoms with Crippen molar-refractivity contribution in [2.24, 2.45) is 0 Å². The predicted molar refractivity (Wildman–Crippen MR) is 96.0 cm³/mol. The Bertz CT molecular complexity index is 684. The molecule has 2 amide bonds. The Balaban J connectivity index is 1.56. The molecule has 1 unspecified atom stereocenters. The van der Waals surface area contributed by atoms with E-state index in [0.717, 1.165) is 30.8 Å². The van der Waals surface area contributed by atoms with Gasteiger partial charge in [-0.3, -0.25) is 4.98 Å². The van der Waals surface area contributed by atoms with Gasteiger partial charge in [0.1, 0.15) is 5.82 Å². The first-order chi connectivity index (χ1) is 12.2. The molecule has 1 N–H and O–H groups in total. The molecule has 1 aromatic heterocycles. The molecular formula is C19H23FN4O. The van der Waals surface area contributed by atoms with E-state index in [1.54, 1.807) is 18.3 Å². The van der Waals surface area contributed by atoms with Gasteiger partial charge in [-0.05, 0) is 36.2 Å². The van der Waals surface area contributed by atoms with Gasteiger partial charge in [-0.1, -0.05) is 19.1 Å². The van der Waals surface area contributed by atoms with Crippen molar-refractivity contribution in [1.82, 2.24) is 15.2 Å². The van der Waals surface area contributed by atoms with E-state index in [1.807, 2.05) is 30.2 Å². The summed E-state index contributed by atoms with van der Waals surface area (Å²) in [5, 5.41) is 3.06. The van der Waals surface area contributed by atoms with E-state index in [0.29, 0.717) is 13.1 Å². The molecule has 0 saturated carbocycles. The van der Waals surface area contributed by atoms with Crippen LogP contribution in [-0.4, -0.2) is 42.1 Å². The fraction of sp³-hybridized carbons (Fsp3) is 0.368. The Morgan fingerprint density at radius 3 is 2.52 bits per heavy atom. The number of nitrogens with zero attached hydrogens (tertiary/aromatic N) is 3. The molecule has 1 aromatic carbocycles. The van der Waals surface area contributed by atoms with Crippen molar-refractivity contribution in [2.45, 2.75) is 19.4 Å². The molecule has 3 rings (SSSR count). The maximum absolute atomic E-state index is 13.1. The largest absolute Gasteiger partial charge is 0.367 e. The van der Waals surface area contributed by atoms with Gasteiger partial charge in [-0.15, -0.1) is 0 Å². The highest BCUT2D eigenvalue weighted by Gasteiger charge is 2.23. The molecule has 1 saturated heterocycles. The molecule has 2 heterocycles. The van der Waals surface area contributed by atoms with Crippen LogP contribution in [0.5, 0.6) is 0 Å². The molecule has 1 aliphatic heterocycles. The van der Waals surface area contributed by atoms with Gasteiger partial charge in [0.2, 0.25) is 0 Å². The molecule has 25 heavy (non-hydrogen) atoms. The minimum Gasteiger partial charge on any atom is -0.367 e. The van der Waals surface area contributed by atoms with Crippen LogP contribution in [0.2, 0.25) is 0 Å². The van der Waals surface area contributed by atoms with Crippen LogP contribution in [0, 0.1) is 5.82 Å². The van der Waals surface area contributed by atoms with Crippen molar-refractivity contribution in [3.05, 3.63) is 60.2 Å². The number of urea groups is 1. The fourth-order valence-corrected chi connectivity index (χ4v) is 3.07. The van der Waals surface area contributed by atoms with Gasteiger partial charge in [0.05, 0.1) is 17.9 Å². The van der Waals surface area contributed by atoms with Gasteiger partial charge >= 0.3 is 6.03 Å². The predicted octanol–water partition coefficient (Wildman–Crippen LogP) is 3.20. The number of rotatable bonds is 4. The summed E-state index contributed by atoms with van der Waals surface area (Å²) in [5.74, 6) is -0.267. The summed E-state index contributed by atoms with van der Waals surface area (Å²) in [5.41, 5.74) is 2.01. The zero-order valence-electron chi connectivity index (χ0n) is 14.4. The third kappa shape index (κ3) is 4.26. The summed E-state index contributed by atoms with van der Waals surface area (Å²) in [6.45, 7) is 4.91. The summed E-state index contributed by atoms with van der Waals surface area (Å²) in [6.07, 6.45) is 4.36. The standard InChI is InChI=1S/C19H23FN4O/c1-2-18(15-5-7-16(20)8-6-15)22-19(25)24-12-10-23(11-13-24)17-4-3-9-21-14-17/h3-9,14,18H,2,10-13H2,1H3,(H,22,25). The van der Waals surface area contributed by atoms with Crippen LogP contribution in [0.25, 0.3) is 0 Å². The second-order valence-corrected chi connectivity index (χ2v) is 6.15. The summed E-state index contributed by atoms with van der Waals surface area (Å²) < 4.78 is 13.1. The highest BCUT2D eigenvalue weighted by atomic mass is 19.1. The molecular weight excluding hydrogens is 319 g/mol. The molecule has 0 aliphatic carbocycles. The number of anilines is 1. The van der Waals surface area contributed by atoms with Crippen molar-refractivity contribution in [3.8, 4) is 0 Å². The Morgan fingerprint density at radius 2 is 1.92 bits per heavy atom. The molecule has 1 aliphatic rings. The second kappa shape index (κ2) is 7.96. The first-order valence-corrected chi connectivity index (χ1v) is 8.63. The fourth-order valence-electron chi connectivity index (χ4n) is 3.07. The van der Waals surface area contributed by atoms with Crippen LogP contribution in [0.4, 0.5) is 14.9 Å². The first-order valence-electron chi connectivity index (χ1n) is 8.63. The minimum atomic E-state index is -0.267. The quantitative estimate of drug-likeness (QED) is 0.928. The van der Waals surface area contributed by atoms with Crippen LogP contribution >= 0.6 is 0 Å². The maximum Gasteiger partial charge on any atom is 0.318 e. The van der Waals surface area contributed by atoms with Gasteiger partial charge in [-0.25, -0.2) is 9.18 Å². The molecule has 6 heteroatoms. The van der Waals surface area contributed by atoms with Gasteiger partial charge in [-0.2, -0.15) is 0 Å². The summed E-state index contributed by atoms with van der Waals surface area (Å²) in [7, 11) is 0. The average Bonchev–Trinajstić information content (AvgIpc) is 2.67. The van der Waals surface area contributed by atoms with Gasteiger partial charge in [0.15, 0.2) is 0 Å². The van der Waals surface area contributed by atoms with Crippen LogP contribution in [-0.2, 0) is 0 Å². The lowest BCUT2D eigenvalue weighted by Crippen LogP contribution is -2.52. The van der Waals surface area contributed by atoms with E-state index in [2.05, 4.69) is 15.2 Å². The summed E-state index contributed by atoms with van der Waals surface area (Å²) in [6, 6.07) is 10.1. The Kier molecular flexibility index (Phi) is 5.48. The normalized spacial score (nSPS) is 15.8. The molecule has 1 atom stereocenters. The second-order valence-electron chi connectivity index (χ2n) is 6.15. The number of piperazine rings is 1. The lowest BCUT2D eigenvalue weighted by Gasteiger charge is -2.36. The number of nitrogens with one attached hydrogen (secondary N) is 1. The van der Waals surface area contributed by atoms with E-state index < -0.39 is 0 Å². The SMILES string of the molecule is CCC(NC(=O)N1CCN(c2cccnc2)CC1)c1ccc(F)cc1. The van der Waals surface area contributed by atoms with Crippen molar-refractivity contribution in [3.63, 3.8) is 0 Å². The van der Waals surface area contributed by atoms with Crippen LogP contribution in [0.1, 0.15) is 24.9 Å². The van der Waals surface area contributed by atoms with E-state index in [1.165, 1.54) is 12.1 Å². The molecule has 132 valence electrons. The van der Waals surface area contributed by atoms with Gasteiger partial charge < -0.3 is 15.1 Å². The van der Waals surface area contributed by atoms with Gasteiger partial charge in [0.25, 0.3) is 0 Å². The molecule has 2 aromatic rings. The smallest absolute Gasteiger partial charge is 0.318 e. The third-order valence-corrected chi connectivity index (χ3v) is 4.56. The Hall–Kier alpha value is -2.63. The Labute approximate surface area is 147 Å². The number of carbonyl (C=O) groups is 1. The van der Waals surface area contributed by atoms with Crippen molar-refractivity contribution in [2.75, 3.05) is 31.1 Å². The van der Waals surface area contributed by atoms with E-state index in [9.17, 15) is 9.18 Å². The number of aromatic nitrogens is 1. The molecule has 0 spiro atoms. The van der Waals surface area contributed by atoms with E-state index in [4.69, 9.17) is 0 Å². The highest BCUT2D eigenvalue weighted by Crippen LogP contribution is 2.18. The third-order valence-electron chi connectivity index (χ3n) is 4.56. The monoisotopic (exact) mass is 342 g/mol. The van der Waals surface area contributed by atoms with Crippen LogP contribution in [0.15, 0.2) is 48.8 Å². The average molecular weight is 342 g/mol. The summed E-state index contributed by atoms with van der Waals surface area (Å²) in [4.78, 5) is 20.8. The minimum absolute atomic E-state index is 0.0676. The number of carbonyl (C=O) groups excluding carboxylic acids is 1. The maximum atomic E-state index is 13.1. The molecule has 0 radical (unpaired) electrons. The van der Waals surface area contributed by atoms with Crippen molar-refractivity contribution >= 4 is 11.7 Å². The molecule has 1 fully saturated rings. The number of amides is 2. The molecule has 5 nitrogen and oxygen atoms in total. The van der Waals surface area contributed by atoms with E-state index >= 15 is 0 Å². The van der Waals surface area contributed by atoms with Crippen LogP contribution < -0.4 is 10.2 Å². The van der Waals surface area contributed by atoms with Crippen LogP contribution in [0.3, 0.4) is 0 Å². The Morgan fingerprint density at radius 1 is 1.20 bits per heavy atom. The number of hydrogen-bond donors (Lipinski definition) is 1. The van der Waals surface area contributed by atoms with Crippen molar-refractivity contribution < 1.29 is 9.18 Å². The first kappa shape index (κ1) is 17.2. The molecule has 0 bridgehead atoms. The highest BCUT2D eigenvalue weighted by molar-refractivity contribution is 5.75. The topological polar surface area (TPSA) is 48.5 Å². The summed E-state index contributed by atoms with van der Waals surface area (Å²) >= 11 is 0. The lowest BCUT2D eigenvalue weighted by molar-refractivity contribution is 0.190. The number of benzene rings is 1.